The molecule has 12 nitrogen and oxygen atoms in total. The van der Waals surface area contributed by atoms with Crippen LogP contribution in [0.5, 0.6) is 5.75 Å². The van der Waals surface area contributed by atoms with Gasteiger partial charge in [-0.25, -0.2) is 9.59 Å². The molecule has 202 valence electrons. The average Bonchev–Trinajstić information content (AvgIpc) is 3.18. The SMILES string of the molecule is C[C@]1(O)CC[C@H]2C(C(=O)O)=CO[C@@H](O[C@@H]3O[C@@H](CO)[C@@H](O)[C@@H](O)[C@H]3OC(=O)C=Cc3ccc(O)cc3)[C@@H]21. The Labute approximate surface area is 212 Å². The van der Waals surface area contributed by atoms with Crippen molar-refractivity contribution in [2.75, 3.05) is 6.61 Å². The smallest absolute Gasteiger partial charge is 0.334 e. The number of carboxylic acids is 1. The van der Waals surface area contributed by atoms with Crippen LogP contribution >= 0.6 is 0 Å². The second kappa shape index (κ2) is 10.8. The maximum Gasteiger partial charge on any atom is 0.334 e. The van der Waals surface area contributed by atoms with Crippen LogP contribution in [0.1, 0.15) is 25.3 Å². The van der Waals surface area contributed by atoms with Gasteiger partial charge in [0, 0.05) is 12.0 Å². The molecule has 12 heteroatoms. The maximum atomic E-state index is 12.5. The fraction of sp³-hybridized carbons (Fsp3) is 0.520. The Morgan fingerprint density at radius 1 is 1.16 bits per heavy atom. The Morgan fingerprint density at radius 2 is 1.86 bits per heavy atom. The number of carbonyl (C=O) groups excluding carboxylic acids is 1. The van der Waals surface area contributed by atoms with E-state index in [4.69, 9.17) is 18.9 Å². The second-order valence-corrected chi connectivity index (χ2v) is 9.58. The number of rotatable bonds is 7. The molecule has 37 heavy (non-hydrogen) atoms. The zero-order valence-electron chi connectivity index (χ0n) is 19.9. The minimum absolute atomic E-state index is 0.0155. The zero-order valence-corrected chi connectivity index (χ0v) is 19.9. The summed E-state index contributed by atoms with van der Waals surface area (Å²) in [6, 6.07) is 5.97. The number of carboxylic acid groups (broad SMARTS) is 1. The normalized spacial score (nSPS) is 37.5. The van der Waals surface area contributed by atoms with Crippen LogP contribution in [0, 0.1) is 11.8 Å². The number of phenolic OH excluding ortho intramolecular Hbond substituents is 1. The molecule has 9 atom stereocenters. The van der Waals surface area contributed by atoms with E-state index in [1.165, 1.54) is 25.1 Å². The van der Waals surface area contributed by atoms with Crippen molar-refractivity contribution in [3.8, 4) is 5.75 Å². The lowest BCUT2D eigenvalue weighted by molar-refractivity contribution is -0.346. The maximum absolute atomic E-state index is 12.5. The lowest BCUT2D eigenvalue weighted by Crippen LogP contribution is -2.61. The molecule has 0 aromatic heterocycles. The number of hydrogen-bond donors (Lipinski definition) is 6. The number of carbonyl (C=O) groups is 2. The van der Waals surface area contributed by atoms with Gasteiger partial charge in [0.2, 0.25) is 12.6 Å². The first-order valence-corrected chi connectivity index (χ1v) is 11.8. The molecule has 1 aliphatic carbocycles. The van der Waals surface area contributed by atoms with Crippen molar-refractivity contribution in [1.29, 1.82) is 0 Å². The third-order valence-corrected chi connectivity index (χ3v) is 7.03. The first kappa shape index (κ1) is 27.0. The predicted molar refractivity (Wildman–Crippen MR) is 123 cm³/mol. The van der Waals surface area contributed by atoms with Gasteiger partial charge in [0.05, 0.1) is 30.0 Å². The van der Waals surface area contributed by atoms with Crippen molar-refractivity contribution in [2.45, 2.75) is 62.4 Å². The second-order valence-electron chi connectivity index (χ2n) is 9.58. The van der Waals surface area contributed by atoms with Crippen molar-refractivity contribution < 1.29 is 59.2 Å². The molecule has 1 aromatic carbocycles. The monoisotopic (exact) mass is 522 g/mol. The van der Waals surface area contributed by atoms with Crippen LogP contribution in [0.2, 0.25) is 0 Å². The van der Waals surface area contributed by atoms with Crippen LogP contribution in [0.25, 0.3) is 6.08 Å². The number of hydrogen-bond acceptors (Lipinski definition) is 11. The van der Waals surface area contributed by atoms with Crippen molar-refractivity contribution in [2.24, 2.45) is 11.8 Å². The number of aliphatic hydroxyl groups is 4. The number of aliphatic carboxylic acids is 1. The van der Waals surface area contributed by atoms with Crippen molar-refractivity contribution >= 4 is 18.0 Å². The summed E-state index contributed by atoms with van der Waals surface area (Å²) in [7, 11) is 0. The number of benzene rings is 1. The standard InChI is InChI=1S/C25H30O12/c1-25(33)9-8-14-15(22(31)32)11-34-23(18(14)25)37-24-21(20(30)19(29)16(10-26)35-24)36-17(28)7-4-12-2-5-13(27)6-3-12/h2-7,11,14,16,18-21,23-24,26-27,29-30,33H,8-10H2,1H3,(H,31,32)/t14-,16-,18+,19+,20+,21+,23-,24-,25-/m0/s1. The number of ether oxygens (including phenoxy) is 4. The molecule has 2 fully saturated rings. The molecule has 0 radical (unpaired) electrons. The van der Waals surface area contributed by atoms with Gasteiger partial charge >= 0.3 is 11.9 Å². The number of aromatic hydroxyl groups is 1. The van der Waals surface area contributed by atoms with E-state index in [9.17, 15) is 40.2 Å². The molecule has 2 aliphatic heterocycles. The molecule has 1 aromatic rings. The van der Waals surface area contributed by atoms with Gasteiger partial charge in [0.25, 0.3) is 0 Å². The van der Waals surface area contributed by atoms with E-state index < -0.39 is 73.0 Å². The third-order valence-electron chi connectivity index (χ3n) is 7.03. The molecule has 1 saturated carbocycles. The van der Waals surface area contributed by atoms with Crippen LogP contribution in [-0.2, 0) is 28.5 Å². The van der Waals surface area contributed by atoms with Gasteiger partial charge in [0.1, 0.15) is 24.1 Å². The van der Waals surface area contributed by atoms with E-state index >= 15 is 0 Å². The third kappa shape index (κ3) is 5.64. The highest BCUT2D eigenvalue weighted by Gasteiger charge is 2.56. The summed E-state index contributed by atoms with van der Waals surface area (Å²) in [6.45, 7) is 0.850. The molecule has 0 bridgehead atoms. The molecule has 4 rings (SSSR count). The summed E-state index contributed by atoms with van der Waals surface area (Å²) in [5.41, 5.74) is -0.792. The van der Waals surface area contributed by atoms with Gasteiger partial charge in [-0.15, -0.1) is 0 Å². The van der Waals surface area contributed by atoms with Crippen LogP contribution in [0.4, 0.5) is 0 Å². The summed E-state index contributed by atoms with van der Waals surface area (Å²) >= 11 is 0. The first-order chi connectivity index (χ1) is 17.5. The molecule has 3 aliphatic rings. The average molecular weight is 523 g/mol. The fourth-order valence-electron chi connectivity index (χ4n) is 5.04. The Kier molecular flexibility index (Phi) is 7.88. The quantitative estimate of drug-likeness (QED) is 0.206. The molecule has 2 heterocycles. The molecular weight excluding hydrogens is 492 g/mol. The van der Waals surface area contributed by atoms with Gasteiger partial charge in [-0.05, 0) is 43.5 Å². The van der Waals surface area contributed by atoms with E-state index in [0.717, 1.165) is 12.3 Å². The summed E-state index contributed by atoms with van der Waals surface area (Å²) in [5, 5.41) is 60.4. The van der Waals surface area contributed by atoms with Gasteiger partial charge < -0.3 is 49.6 Å². The number of phenols is 1. The van der Waals surface area contributed by atoms with Crippen LogP contribution in [0.15, 0.2) is 42.2 Å². The Morgan fingerprint density at radius 3 is 2.51 bits per heavy atom. The zero-order chi connectivity index (χ0) is 26.9. The highest BCUT2D eigenvalue weighted by atomic mass is 16.8. The van der Waals surface area contributed by atoms with Gasteiger partial charge in [-0.2, -0.15) is 0 Å². The number of aliphatic hydroxyl groups excluding tert-OH is 3. The Balaban J connectivity index is 1.55. The molecule has 6 N–H and O–H groups in total. The van der Waals surface area contributed by atoms with Crippen molar-refractivity contribution in [1.82, 2.24) is 0 Å². The summed E-state index contributed by atoms with van der Waals surface area (Å²) in [4.78, 5) is 24.2. The largest absolute Gasteiger partial charge is 0.508 e. The van der Waals surface area contributed by atoms with E-state index in [-0.39, 0.29) is 17.7 Å². The summed E-state index contributed by atoms with van der Waals surface area (Å²) in [6.07, 6.45) is -4.80. The number of esters is 1. The minimum Gasteiger partial charge on any atom is -0.508 e. The van der Waals surface area contributed by atoms with E-state index in [1.54, 1.807) is 12.1 Å². The molecule has 0 amide bonds. The first-order valence-electron chi connectivity index (χ1n) is 11.8. The van der Waals surface area contributed by atoms with Gasteiger partial charge in [-0.1, -0.05) is 12.1 Å². The summed E-state index contributed by atoms with van der Waals surface area (Å²) < 4.78 is 22.3. The molecule has 1 saturated heterocycles. The highest BCUT2D eigenvalue weighted by molar-refractivity contribution is 5.87. The van der Waals surface area contributed by atoms with Crippen molar-refractivity contribution in [3.05, 3.63) is 47.7 Å². The van der Waals surface area contributed by atoms with E-state index in [2.05, 4.69) is 0 Å². The summed E-state index contributed by atoms with van der Waals surface area (Å²) in [5.74, 6) is -3.46. The minimum atomic E-state index is -1.71. The Hall–Kier alpha value is -3.00. The highest BCUT2D eigenvalue weighted by Crippen LogP contribution is 2.49. The molecular formula is C25H30O12. The van der Waals surface area contributed by atoms with Crippen LogP contribution in [0.3, 0.4) is 0 Å². The Bertz CT molecular complexity index is 1050. The van der Waals surface area contributed by atoms with E-state index in [1.807, 2.05) is 0 Å². The van der Waals surface area contributed by atoms with E-state index in [0.29, 0.717) is 12.0 Å². The fourth-order valence-corrected chi connectivity index (χ4v) is 5.04. The predicted octanol–water partition coefficient (Wildman–Crippen LogP) is -0.125. The van der Waals surface area contributed by atoms with Crippen LogP contribution in [-0.4, -0.2) is 91.8 Å². The topological polar surface area (TPSA) is 192 Å². The number of fused-ring (bicyclic) bond motifs is 1. The lowest BCUT2D eigenvalue weighted by atomic mass is 9.81. The molecule has 0 unspecified atom stereocenters. The van der Waals surface area contributed by atoms with Crippen molar-refractivity contribution in [3.63, 3.8) is 0 Å². The molecule has 0 spiro atoms. The lowest BCUT2D eigenvalue weighted by Gasteiger charge is -2.44. The van der Waals surface area contributed by atoms with Gasteiger partial charge in [0.15, 0.2) is 6.10 Å². The van der Waals surface area contributed by atoms with Crippen LogP contribution < -0.4 is 0 Å². The van der Waals surface area contributed by atoms with Gasteiger partial charge in [-0.3, -0.25) is 0 Å².